The van der Waals surface area contributed by atoms with Crippen LogP contribution in [0.3, 0.4) is 0 Å². The molecule has 0 fully saturated rings. The minimum atomic E-state index is -4.17. The van der Waals surface area contributed by atoms with Crippen molar-refractivity contribution in [1.82, 2.24) is 14.5 Å². The van der Waals surface area contributed by atoms with Crippen molar-refractivity contribution in [2.24, 2.45) is 0 Å². The summed E-state index contributed by atoms with van der Waals surface area (Å²) < 4.78 is 42.3. The van der Waals surface area contributed by atoms with E-state index in [1.54, 1.807) is 24.3 Å². The fraction of sp³-hybridized carbons (Fsp3) is 0.333. The summed E-state index contributed by atoms with van der Waals surface area (Å²) in [5.74, 6) is -1.56. The molecule has 0 bridgehead atoms. The van der Waals surface area contributed by atoms with Crippen LogP contribution in [0, 0.1) is 5.82 Å². The molecule has 0 heterocycles. The SMILES string of the molecule is CN(C)S(=O)(=O)N(CC(=O)N(Cc1cccc(Cl)c1)C(Cc1ccccc1)C(=O)NC(C)(C)C)c1ccc(F)cc1. The second-order valence-electron chi connectivity index (χ2n) is 10.9. The van der Waals surface area contributed by atoms with E-state index in [2.05, 4.69) is 5.32 Å². The quantitative estimate of drug-likeness (QED) is 0.346. The highest BCUT2D eigenvalue weighted by Crippen LogP contribution is 2.23. The minimum Gasteiger partial charge on any atom is -0.350 e. The number of rotatable bonds is 11. The zero-order chi connectivity index (χ0) is 30.4. The smallest absolute Gasteiger partial charge is 0.304 e. The Labute approximate surface area is 246 Å². The van der Waals surface area contributed by atoms with Crippen molar-refractivity contribution in [2.45, 2.75) is 45.3 Å². The summed E-state index contributed by atoms with van der Waals surface area (Å²) in [6.07, 6.45) is 0.187. The summed E-state index contributed by atoms with van der Waals surface area (Å²) in [5, 5.41) is 3.43. The summed E-state index contributed by atoms with van der Waals surface area (Å²) >= 11 is 6.23. The van der Waals surface area contributed by atoms with Gasteiger partial charge in [-0.3, -0.25) is 9.59 Å². The summed E-state index contributed by atoms with van der Waals surface area (Å²) in [5.41, 5.74) is 0.999. The first-order valence-corrected chi connectivity index (χ1v) is 14.8. The van der Waals surface area contributed by atoms with E-state index in [1.165, 1.54) is 31.1 Å². The van der Waals surface area contributed by atoms with Crippen LogP contribution in [0.15, 0.2) is 78.9 Å². The molecule has 0 aliphatic rings. The third kappa shape index (κ3) is 9.01. The topological polar surface area (TPSA) is 90.0 Å². The standard InChI is InChI=1S/C30H36ClFN4O4S/c1-30(2,3)33-29(38)27(19-22-10-7-6-8-11-22)35(20-23-12-9-13-24(31)18-23)28(37)21-36(41(39,40)34(4)5)26-16-14-25(32)15-17-26/h6-18,27H,19-21H2,1-5H3,(H,33,38). The second kappa shape index (κ2) is 13.5. The summed E-state index contributed by atoms with van der Waals surface area (Å²) in [6.45, 7) is 4.89. The molecule has 0 aromatic heterocycles. The fourth-order valence-electron chi connectivity index (χ4n) is 4.16. The molecule has 1 atom stereocenters. The van der Waals surface area contributed by atoms with E-state index in [-0.39, 0.29) is 24.6 Å². The normalized spacial score (nSPS) is 12.6. The average Bonchev–Trinajstić information content (AvgIpc) is 2.89. The van der Waals surface area contributed by atoms with Gasteiger partial charge in [-0.25, -0.2) is 8.70 Å². The van der Waals surface area contributed by atoms with Crippen LogP contribution in [0.5, 0.6) is 0 Å². The van der Waals surface area contributed by atoms with Crippen molar-refractivity contribution in [1.29, 1.82) is 0 Å². The Hall–Kier alpha value is -3.47. The van der Waals surface area contributed by atoms with Gasteiger partial charge in [-0.05, 0) is 68.3 Å². The van der Waals surface area contributed by atoms with Gasteiger partial charge in [-0.15, -0.1) is 0 Å². The maximum atomic E-state index is 14.2. The lowest BCUT2D eigenvalue weighted by Crippen LogP contribution is -2.56. The molecule has 0 spiro atoms. The highest BCUT2D eigenvalue weighted by Gasteiger charge is 2.35. The molecule has 3 rings (SSSR count). The molecule has 0 aliphatic heterocycles. The van der Waals surface area contributed by atoms with Crippen LogP contribution in [0.25, 0.3) is 0 Å². The van der Waals surface area contributed by atoms with Crippen LogP contribution in [-0.2, 0) is 32.8 Å². The molecular weight excluding hydrogens is 567 g/mol. The van der Waals surface area contributed by atoms with E-state index in [0.29, 0.717) is 10.6 Å². The molecule has 1 N–H and O–H groups in total. The van der Waals surface area contributed by atoms with Crippen molar-refractivity contribution >= 4 is 39.3 Å². The largest absolute Gasteiger partial charge is 0.350 e. The summed E-state index contributed by atoms with van der Waals surface area (Å²) in [7, 11) is -1.49. The van der Waals surface area contributed by atoms with Crippen molar-refractivity contribution < 1.29 is 22.4 Å². The second-order valence-corrected chi connectivity index (χ2v) is 13.4. The van der Waals surface area contributed by atoms with Gasteiger partial charge in [0, 0.05) is 37.6 Å². The Morgan fingerprint density at radius 1 is 0.927 bits per heavy atom. The number of halogens is 2. The van der Waals surface area contributed by atoms with Gasteiger partial charge >= 0.3 is 10.2 Å². The number of hydrogen-bond donors (Lipinski definition) is 1. The molecule has 2 amide bonds. The average molecular weight is 603 g/mol. The Bertz CT molecular complexity index is 1450. The van der Waals surface area contributed by atoms with Crippen LogP contribution in [0.1, 0.15) is 31.9 Å². The third-order valence-electron chi connectivity index (χ3n) is 6.14. The summed E-state index contributed by atoms with van der Waals surface area (Å²) in [4.78, 5) is 29.3. The molecular formula is C30H36ClFN4O4S. The predicted octanol–water partition coefficient (Wildman–Crippen LogP) is 4.65. The molecule has 0 saturated heterocycles. The number of nitrogens with zero attached hydrogens (tertiary/aromatic N) is 3. The van der Waals surface area contributed by atoms with E-state index < -0.39 is 40.1 Å². The van der Waals surface area contributed by atoms with Crippen molar-refractivity contribution in [3.63, 3.8) is 0 Å². The predicted molar refractivity (Wildman–Crippen MR) is 160 cm³/mol. The molecule has 41 heavy (non-hydrogen) atoms. The molecule has 0 aliphatic carbocycles. The van der Waals surface area contributed by atoms with Gasteiger partial charge in [-0.2, -0.15) is 12.7 Å². The molecule has 3 aromatic carbocycles. The molecule has 3 aromatic rings. The molecule has 220 valence electrons. The Balaban J connectivity index is 2.11. The van der Waals surface area contributed by atoms with Crippen LogP contribution < -0.4 is 9.62 Å². The van der Waals surface area contributed by atoms with Crippen molar-refractivity contribution in [3.05, 3.63) is 101 Å². The summed E-state index contributed by atoms with van der Waals surface area (Å²) in [6, 6.07) is 20.0. The Morgan fingerprint density at radius 3 is 2.10 bits per heavy atom. The van der Waals surface area contributed by atoms with Gasteiger partial charge in [-0.1, -0.05) is 54.1 Å². The lowest BCUT2D eigenvalue weighted by Gasteiger charge is -2.35. The van der Waals surface area contributed by atoms with E-state index in [1.807, 2.05) is 51.1 Å². The van der Waals surface area contributed by atoms with Crippen LogP contribution in [0.2, 0.25) is 5.02 Å². The maximum absolute atomic E-state index is 14.2. The molecule has 1 unspecified atom stereocenters. The van der Waals surface area contributed by atoms with Gasteiger partial charge in [0.1, 0.15) is 18.4 Å². The number of carbonyl (C=O) groups excluding carboxylic acids is 2. The molecule has 8 nitrogen and oxygen atoms in total. The van der Waals surface area contributed by atoms with Crippen molar-refractivity contribution in [3.8, 4) is 0 Å². The van der Waals surface area contributed by atoms with Gasteiger partial charge < -0.3 is 10.2 Å². The maximum Gasteiger partial charge on any atom is 0.304 e. The van der Waals surface area contributed by atoms with E-state index in [9.17, 15) is 22.4 Å². The van der Waals surface area contributed by atoms with Gasteiger partial charge in [0.2, 0.25) is 11.8 Å². The lowest BCUT2D eigenvalue weighted by atomic mass is 10.0. The van der Waals surface area contributed by atoms with E-state index in [4.69, 9.17) is 11.6 Å². The van der Waals surface area contributed by atoms with Crippen LogP contribution >= 0.6 is 11.6 Å². The van der Waals surface area contributed by atoms with Gasteiger partial charge in [0.05, 0.1) is 5.69 Å². The van der Waals surface area contributed by atoms with E-state index >= 15 is 0 Å². The van der Waals surface area contributed by atoms with Crippen LogP contribution in [0.4, 0.5) is 10.1 Å². The zero-order valence-corrected chi connectivity index (χ0v) is 25.4. The highest BCUT2D eigenvalue weighted by atomic mass is 35.5. The first-order chi connectivity index (χ1) is 19.2. The minimum absolute atomic E-state index is 0.00622. The fourth-order valence-corrected chi connectivity index (χ4v) is 5.43. The van der Waals surface area contributed by atoms with E-state index in [0.717, 1.165) is 26.3 Å². The number of nitrogens with one attached hydrogen (secondary N) is 1. The number of hydrogen-bond acceptors (Lipinski definition) is 4. The number of amides is 2. The highest BCUT2D eigenvalue weighted by molar-refractivity contribution is 7.90. The Kier molecular flexibility index (Phi) is 10.5. The van der Waals surface area contributed by atoms with Gasteiger partial charge in [0.25, 0.3) is 0 Å². The van der Waals surface area contributed by atoms with Crippen molar-refractivity contribution in [2.75, 3.05) is 24.9 Å². The lowest BCUT2D eigenvalue weighted by molar-refractivity contribution is -0.140. The third-order valence-corrected chi connectivity index (χ3v) is 8.20. The first-order valence-electron chi connectivity index (χ1n) is 13.0. The number of anilines is 1. The zero-order valence-electron chi connectivity index (χ0n) is 23.8. The molecule has 0 radical (unpaired) electrons. The number of benzene rings is 3. The van der Waals surface area contributed by atoms with Gasteiger partial charge in [0.15, 0.2) is 0 Å². The Morgan fingerprint density at radius 2 is 1.54 bits per heavy atom. The van der Waals surface area contributed by atoms with Crippen LogP contribution in [-0.4, -0.2) is 61.7 Å². The number of carbonyl (C=O) groups is 2. The molecule has 11 heteroatoms. The monoisotopic (exact) mass is 602 g/mol. The molecule has 0 saturated carbocycles. The first kappa shape index (κ1) is 32.0.